The molecule has 2 amide bonds. The van der Waals surface area contributed by atoms with Crippen molar-refractivity contribution in [1.82, 2.24) is 15.1 Å². The standard InChI is InChI=1S/C30H36N4O2/c1-5-22-11-13-23(14-12-22)26-18-27-28(35)34(25-16-20(2)15-21(3)17-25)30(4,19-33(27)32-26)29(36)31-24-9-7-6-8-10-24/h11-18,24H,5-10,19H2,1-4H3,(H,31,36). The van der Waals surface area contributed by atoms with Gasteiger partial charge in [0.2, 0.25) is 5.91 Å². The largest absolute Gasteiger partial charge is 0.351 e. The number of hydrogen-bond acceptors (Lipinski definition) is 3. The summed E-state index contributed by atoms with van der Waals surface area (Å²) in [7, 11) is 0. The maximum atomic E-state index is 14.1. The molecule has 1 aliphatic carbocycles. The number of anilines is 1. The number of aryl methyl sites for hydroxylation is 3. The summed E-state index contributed by atoms with van der Waals surface area (Å²) in [6.45, 7) is 8.34. The number of nitrogens with zero attached hydrogens (tertiary/aromatic N) is 3. The normalized spacial score (nSPS) is 20.3. The Balaban J connectivity index is 1.56. The molecule has 6 heteroatoms. The lowest BCUT2D eigenvalue weighted by Crippen LogP contribution is -2.65. The van der Waals surface area contributed by atoms with Gasteiger partial charge in [0.25, 0.3) is 5.91 Å². The molecule has 1 aromatic heterocycles. The summed E-state index contributed by atoms with van der Waals surface area (Å²) in [6.07, 6.45) is 6.43. The maximum absolute atomic E-state index is 14.1. The van der Waals surface area contributed by atoms with E-state index in [2.05, 4.69) is 30.4 Å². The van der Waals surface area contributed by atoms with Gasteiger partial charge in [0.05, 0.1) is 12.2 Å². The Bertz CT molecular complexity index is 1270. The van der Waals surface area contributed by atoms with Crippen LogP contribution in [-0.4, -0.2) is 33.2 Å². The van der Waals surface area contributed by atoms with Gasteiger partial charge in [-0.2, -0.15) is 5.10 Å². The van der Waals surface area contributed by atoms with Crippen LogP contribution in [-0.2, 0) is 17.8 Å². The molecule has 2 heterocycles. The minimum absolute atomic E-state index is 0.114. The molecule has 1 atom stereocenters. The molecule has 6 nitrogen and oxygen atoms in total. The molecule has 0 spiro atoms. The quantitative estimate of drug-likeness (QED) is 0.513. The molecule has 2 aromatic carbocycles. The number of aromatic nitrogens is 2. The molecule has 2 aliphatic rings. The van der Waals surface area contributed by atoms with Gasteiger partial charge in [0.15, 0.2) is 0 Å². The van der Waals surface area contributed by atoms with Crippen molar-refractivity contribution in [2.75, 3.05) is 4.90 Å². The van der Waals surface area contributed by atoms with Crippen LogP contribution >= 0.6 is 0 Å². The Hall–Kier alpha value is -3.41. The van der Waals surface area contributed by atoms with E-state index in [4.69, 9.17) is 5.10 Å². The average Bonchev–Trinajstić information content (AvgIpc) is 3.28. The highest BCUT2D eigenvalue weighted by atomic mass is 16.2. The second kappa shape index (κ2) is 9.57. The molecule has 188 valence electrons. The summed E-state index contributed by atoms with van der Waals surface area (Å²) in [4.78, 5) is 29.7. The lowest BCUT2D eigenvalue weighted by Gasteiger charge is -2.44. The second-order valence-corrected chi connectivity index (χ2v) is 10.7. The van der Waals surface area contributed by atoms with Gasteiger partial charge in [-0.3, -0.25) is 19.2 Å². The molecule has 0 radical (unpaired) electrons. The van der Waals surface area contributed by atoms with Gasteiger partial charge in [0.1, 0.15) is 11.2 Å². The summed E-state index contributed by atoms with van der Waals surface area (Å²) in [5, 5.41) is 8.09. The third-order valence-corrected chi connectivity index (χ3v) is 7.71. The lowest BCUT2D eigenvalue weighted by atomic mass is 9.90. The topological polar surface area (TPSA) is 67.2 Å². The van der Waals surface area contributed by atoms with Crippen LogP contribution in [0.15, 0.2) is 48.5 Å². The van der Waals surface area contributed by atoms with E-state index in [0.29, 0.717) is 12.2 Å². The summed E-state index contributed by atoms with van der Waals surface area (Å²) in [5.74, 6) is -0.312. The van der Waals surface area contributed by atoms with Crippen molar-refractivity contribution in [3.8, 4) is 11.3 Å². The van der Waals surface area contributed by atoms with Gasteiger partial charge in [-0.15, -0.1) is 0 Å². The van der Waals surface area contributed by atoms with Crippen LogP contribution in [0.2, 0.25) is 0 Å². The fourth-order valence-electron chi connectivity index (χ4n) is 5.71. The highest BCUT2D eigenvalue weighted by Gasteiger charge is 2.49. The van der Waals surface area contributed by atoms with Crippen LogP contribution < -0.4 is 10.2 Å². The van der Waals surface area contributed by atoms with Crippen LogP contribution in [0.25, 0.3) is 11.3 Å². The van der Waals surface area contributed by atoms with E-state index < -0.39 is 5.54 Å². The molecule has 1 aliphatic heterocycles. The first-order valence-electron chi connectivity index (χ1n) is 13.2. The Kier molecular flexibility index (Phi) is 6.45. The van der Waals surface area contributed by atoms with Gasteiger partial charge >= 0.3 is 0 Å². The smallest absolute Gasteiger partial charge is 0.277 e. The predicted molar refractivity (Wildman–Crippen MR) is 143 cm³/mol. The molecule has 0 saturated heterocycles. The molecule has 36 heavy (non-hydrogen) atoms. The summed E-state index contributed by atoms with van der Waals surface area (Å²) >= 11 is 0. The van der Waals surface area contributed by atoms with E-state index in [-0.39, 0.29) is 17.9 Å². The highest BCUT2D eigenvalue weighted by Crippen LogP contribution is 2.35. The molecular weight excluding hydrogens is 448 g/mol. The third-order valence-electron chi connectivity index (χ3n) is 7.71. The summed E-state index contributed by atoms with van der Waals surface area (Å²) < 4.78 is 1.73. The van der Waals surface area contributed by atoms with Gasteiger partial charge in [0, 0.05) is 17.3 Å². The van der Waals surface area contributed by atoms with Crippen molar-refractivity contribution in [2.24, 2.45) is 0 Å². The Labute approximate surface area is 213 Å². The van der Waals surface area contributed by atoms with Crippen molar-refractivity contribution in [3.05, 3.63) is 70.9 Å². The molecule has 1 unspecified atom stereocenters. The van der Waals surface area contributed by atoms with Crippen LogP contribution in [0, 0.1) is 13.8 Å². The number of amides is 2. The lowest BCUT2D eigenvalue weighted by molar-refractivity contribution is -0.127. The van der Waals surface area contributed by atoms with Crippen LogP contribution in [0.4, 0.5) is 5.69 Å². The molecule has 1 saturated carbocycles. The Morgan fingerprint density at radius 2 is 1.69 bits per heavy atom. The zero-order chi connectivity index (χ0) is 25.4. The fourth-order valence-corrected chi connectivity index (χ4v) is 5.71. The highest BCUT2D eigenvalue weighted by molar-refractivity contribution is 6.12. The molecular formula is C30H36N4O2. The van der Waals surface area contributed by atoms with Crippen molar-refractivity contribution in [1.29, 1.82) is 0 Å². The Morgan fingerprint density at radius 3 is 2.33 bits per heavy atom. The molecule has 0 bridgehead atoms. The van der Waals surface area contributed by atoms with Crippen LogP contribution in [0.5, 0.6) is 0 Å². The van der Waals surface area contributed by atoms with Crippen LogP contribution in [0.1, 0.15) is 73.1 Å². The van der Waals surface area contributed by atoms with E-state index in [1.54, 1.807) is 9.58 Å². The first kappa shape index (κ1) is 24.3. The SMILES string of the molecule is CCc1ccc(-c2cc3n(n2)CC(C)(C(=O)NC2CCCCC2)N(c2cc(C)cc(C)c2)C3=O)cc1. The predicted octanol–water partition coefficient (Wildman–Crippen LogP) is 5.60. The van der Waals surface area contributed by atoms with E-state index >= 15 is 0 Å². The molecule has 3 aromatic rings. The second-order valence-electron chi connectivity index (χ2n) is 10.7. The minimum atomic E-state index is -1.10. The van der Waals surface area contributed by atoms with Crippen molar-refractivity contribution in [3.63, 3.8) is 0 Å². The fraction of sp³-hybridized carbons (Fsp3) is 0.433. The van der Waals surface area contributed by atoms with Gasteiger partial charge < -0.3 is 5.32 Å². The maximum Gasteiger partial charge on any atom is 0.277 e. The number of carbonyl (C=O) groups excluding carboxylic acids is 2. The minimum Gasteiger partial charge on any atom is -0.351 e. The molecule has 1 N–H and O–H groups in total. The first-order valence-corrected chi connectivity index (χ1v) is 13.2. The van der Waals surface area contributed by atoms with Crippen molar-refractivity contribution >= 4 is 17.5 Å². The van der Waals surface area contributed by atoms with Gasteiger partial charge in [-0.25, -0.2) is 0 Å². The number of carbonyl (C=O) groups is 2. The van der Waals surface area contributed by atoms with Crippen molar-refractivity contribution in [2.45, 2.75) is 84.3 Å². The average molecular weight is 485 g/mol. The number of hydrogen-bond donors (Lipinski definition) is 1. The first-order chi connectivity index (χ1) is 17.3. The zero-order valence-corrected chi connectivity index (χ0v) is 21.8. The van der Waals surface area contributed by atoms with E-state index in [1.165, 1.54) is 12.0 Å². The van der Waals surface area contributed by atoms with Gasteiger partial charge in [-0.05, 0) is 74.9 Å². The van der Waals surface area contributed by atoms with E-state index in [0.717, 1.165) is 60.2 Å². The number of fused-ring (bicyclic) bond motifs is 1. The molecule has 1 fully saturated rings. The van der Waals surface area contributed by atoms with E-state index in [1.807, 2.05) is 51.1 Å². The van der Waals surface area contributed by atoms with E-state index in [9.17, 15) is 9.59 Å². The Morgan fingerprint density at radius 1 is 1.03 bits per heavy atom. The number of benzene rings is 2. The van der Waals surface area contributed by atoms with Crippen molar-refractivity contribution < 1.29 is 9.59 Å². The number of nitrogens with one attached hydrogen (secondary N) is 1. The third kappa shape index (κ3) is 4.45. The van der Waals surface area contributed by atoms with Crippen LogP contribution in [0.3, 0.4) is 0 Å². The summed E-state index contributed by atoms with van der Waals surface area (Å²) in [5.41, 5.74) is 5.24. The van der Waals surface area contributed by atoms with Gasteiger partial charge in [-0.1, -0.05) is 56.5 Å². The molecule has 5 rings (SSSR count). The zero-order valence-electron chi connectivity index (χ0n) is 21.8. The summed E-state index contributed by atoms with van der Waals surface area (Å²) in [6, 6.07) is 16.4. The monoisotopic (exact) mass is 484 g/mol. The number of rotatable bonds is 5.